The first kappa shape index (κ1) is 20.3. The molecule has 1 aromatic rings. The standard InChI is InChI=1S/C19H20Cl2N2O3/c1-13(18(25)23-19(12-22)10-3-2-4-11-19)26-17(24)9-8-14-15(20)6-5-7-16(14)21/h5-9,13H,2-4,10-11H2,1H3,(H,23,25)/b9-8+/t13-/m0/s1. The molecule has 1 N–H and O–H groups in total. The van der Waals surface area contributed by atoms with E-state index < -0.39 is 23.5 Å². The van der Waals surface area contributed by atoms with Crippen molar-refractivity contribution in [3.63, 3.8) is 0 Å². The van der Waals surface area contributed by atoms with Gasteiger partial charge in [-0.05, 0) is 38.0 Å². The third kappa shape index (κ3) is 5.23. The Labute approximate surface area is 162 Å². The van der Waals surface area contributed by atoms with Crippen LogP contribution in [0.25, 0.3) is 6.08 Å². The van der Waals surface area contributed by atoms with Gasteiger partial charge < -0.3 is 10.1 Å². The van der Waals surface area contributed by atoms with Gasteiger partial charge in [-0.15, -0.1) is 0 Å². The molecular formula is C19H20Cl2N2O3. The molecule has 0 spiro atoms. The Morgan fingerprint density at radius 2 is 1.88 bits per heavy atom. The summed E-state index contributed by atoms with van der Waals surface area (Å²) in [7, 11) is 0. The number of nitrogens with zero attached hydrogens (tertiary/aromatic N) is 1. The van der Waals surface area contributed by atoms with E-state index in [4.69, 9.17) is 27.9 Å². The molecule has 0 bridgehead atoms. The van der Waals surface area contributed by atoms with Gasteiger partial charge in [0, 0.05) is 21.7 Å². The van der Waals surface area contributed by atoms with E-state index in [0.717, 1.165) is 25.3 Å². The molecule has 7 heteroatoms. The molecule has 1 aliphatic carbocycles. The van der Waals surface area contributed by atoms with E-state index in [2.05, 4.69) is 11.4 Å². The van der Waals surface area contributed by atoms with E-state index in [0.29, 0.717) is 28.5 Å². The summed E-state index contributed by atoms with van der Waals surface area (Å²) in [5.74, 6) is -1.18. The number of carbonyl (C=O) groups is 2. The molecule has 138 valence electrons. The summed E-state index contributed by atoms with van der Waals surface area (Å²) in [6.45, 7) is 1.47. The predicted octanol–water partition coefficient (Wildman–Crippen LogP) is 4.28. The van der Waals surface area contributed by atoms with Crippen molar-refractivity contribution in [3.8, 4) is 6.07 Å². The van der Waals surface area contributed by atoms with Crippen molar-refractivity contribution in [1.29, 1.82) is 5.26 Å². The van der Waals surface area contributed by atoms with Gasteiger partial charge in [0.05, 0.1) is 6.07 Å². The Bertz CT molecular complexity index is 729. The SMILES string of the molecule is C[C@H](OC(=O)/C=C/c1c(Cl)cccc1Cl)C(=O)NC1(C#N)CCCCC1. The quantitative estimate of drug-likeness (QED) is 0.596. The van der Waals surface area contributed by atoms with Crippen molar-refractivity contribution in [2.45, 2.75) is 50.7 Å². The summed E-state index contributed by atoms with van der Waals surface area (Å²) >= 11 is 12.1. The number of hydrogen-bond donors (Lipinski definition) is 1. The lowest BCUT2D eigenvalue weighted by atomic mass is 9.83. The second-order valence-corrected chi connectivity index (χ2v) is 7.11. The number of esters is 1. The van der Waals surface area contributed by atoms with Gasteiger partial charge in [-0.1, -0.05) is 48.5 Å². The number of ether oxygens (including phenoxy) is 1. The van der Waals surface area contributed by atoms with Crippen molar-refractivity contribution in [3.05, 3.63) is 39.9 Å². The zero-order chi connectivity index (χ0) is 19.2. The van der Waals surface area contributed by atoms with Gasteiger partial charge >= 0.3 is 5.97 Å². The van der Waals surface area contributed by atoms with E-state index >= 15 is 0 Å². The maximum absolute atomic E-state index is 12.3. The fraction of sp³-hybridized carbons (Fsp3) is 0.421. The van der Waals surface area contributed by atoms with Crippen LogP contribution in [0.3, 0.4) is 0 Å². The summed E-state index contributed by atoms with van der Waals surface area (Å²) in [6.07, 6.45) is 5.65. The van der Waals surface area contributed by atoms with Gasteiger partial charge in [0.2, 0.25) is 0 Å². The van der Waals surface area contributed by atoms with Crippen molar-refractivity contribution >= 4 is 41.2 Å². The van der Waals surface area contributed by atoms with Crippen LogP contribution in [0.4, 0.5) is 0 Å². The van der Waals surface area contributed by atoms with Crippen molar-refractivity contribution in [2.75, 3.05) is 0 Å². The normalized spacial score (nSPS) is 17.3. The van der Waals surface area contributed by atoms with Crippen LogP contribution in [0, 0.1) is 11.3 Å². The smallest absolute Gasteiger partial charge is 0.331 e. The van der Waals surface area contributed by atoms with Crippen LogP contribution < -0.4 is 5.32 Å². The van der Waals surface area contributed by atoms with E-state index in [9.17, 15) is 14.9 Å². The lowest BCUT2D eigenvalue weighted by Crippen LogP contribution is -2.52. The number of amides is 1. The highest BCUT2D eigenvalue weighted by Crippen LogP contribution is 2.28. The number of hydrogen-bond acceptors (Lipinski definition) is 4. The molecule has 26 heavy (non-hydrogen) atoms. The average Bonchev–Trinajstić information content (AvgIpc) is 2.62. The molecule has 0 radical (unpaired) electrons. The van der Waals surface area contributed by atoms with Crippen LogP contribution in [0.1, 0.15) is 44.6 Å². The monoisotopic (exact) mass is 394 g/mol. The van der Waals surface area contributed by atoms with Crippen LogP contribution in [0.2, 0.25) is 10.0 Å². The van der Waals surface area contributed by atoms with Crippen molar-refractivity contribution in [2.24, 2.45) is 0 Å². The Morgan fingerprint density at radius 1 is 1.27 bits per heavy atom. The number of halogens is 2. The number of benzene rings is 1. The lowest BCUT2D eigenvalue weighted by Gasteiger charge is -2.32. The van der Waals surface area contributed by atoms with Crippen molar-refractivity contribution in [1.82, 2.24) is 5.32 Å². The Morgan fingerprint density at radius 3 is 2.46 bits per heavy atom. The molecule has 1 saturated carbocycles. The molecule has 0 aliphatic heterocycles. The maximum Gasteiger partial charge on any atom is 0.331 e. The molecule has 1 fully saturated rings. The van der Waals surface area contributed by atoms with Crippen LogP contribution >= 0.6 is 23.2 Å². The minimum atomic E-state index is -1.01. The molecular weight excluding hydrogens is 375 g/mol. The molecule has 1 aliphatic rings. The third-order valence-electron chi connectivity index (χ3n) is 4.33. The van der Waals surface area contributed by atoms with Crippen LogP contribution in [-0.2, 0) is 14.3 Å². The summed E-state index contributed by atoms with van der Waals surface area (Å²) in [6, 6.07) is 7.20. The minimum absolute atomic E-state index is 0.403. The predicted molar refractivity (Wildman–Crippen MR) is 101 cm³/mol. The van der Waals surface area contributed by atoms with Crippen LogP contribution in [0.5, 0.6) is 0 Å². The highest BCUT2D eigenvalue weighted by molar-refractivity contribution is 6.37. The molecule has 0 unspecified atom stereocenters. The Hall–Kier alpha value is -2.03. The molecule has 1 atom stereocenters. The average molecular weight is 395 g/mol. The second kappa shape index (κ2) is 9.07. The number of nitriles is 1. The molecule has 0 saturated heterocycles. The summed E-state index contributed by atoms with van der Waals surface area (Å²) < 4.78 is 5.11. The van der Waals surface area contributed by atoms with Crippen molar-refractivity contribution < 1.29 is 14.3 Å². The molecule has 5 nitrogen and oxygen atoms in total. The van der Waals surface area contributed by atoms with Gasteiger partial charge in [0.15, 0.2) is 6.10 Å². The number of carbonyl (C=O) groups excluding carboxylic acids is 2. The molecule has 1 amide bonds. The molecule has 1 aromatic carbocycles. The van der Waals surface area contributed by atoms with Gasteiger partial charge in [-0.25, -0.2) is 4.79 Å². The van der Waals surface area contributed by atoms with E-state index in [1.807, 2.05) is 0 Å². The molecule has 2 rings (SSSR count). The van der Waals surface area contributed by atoms with E-state index in [1.165, 1.54) is 13.0 Å². The number of nitrogens with one attached hydrogen (secondary N) is 1. The zero-order valence-electron chi connectivity index (χ0n) is 14.4. The number of rotatable bonds is 5. The first-order valence-corrected chi connectivity index (χ1v) is 9.18. The Balaban J connectivity index is 1.95. The van der Waals surface area contributed by atoms with Crippen LogP contribution in [-0.4, -0.2) is 23.5 Å². The van der Waals surface area contributed by atoms with E-state index in [-0.39, 0.29) is 0 Å². The Kier molecular flexibility index (Phi) is 7.07. The summed E-state index contributed by atoms with van der Waals surface area (Å²) in [5.41, 5.74) is -0.368. The summed E-state index contributed by atoms with van der Waals surface area (Å²) in [4.78, 5) is 24.2. The first-order valence-electron chi connectivity index (χ1n) is 8.43. The minimum Gasteiger partial charge on any atom is -0.449 e. The highest BCUT2D eigenvalue weighted by atomic mass is 35.5. The fourth-order valence-corrected chi connectivity index (χ4v) is 3.37. The lowest BCUT2D eigenvalue weighted by molar-refractivity contribution is -0.150. The van der Waals surface area contributed by atoms with E-state index in [1.54, 1.807) is 18.2 Å². The fourth-order valence-electron chi connectivity index (χ4n) is 2.85. The summed E-state index contributed by atoms with van der Waals surface area (Å²) in [5, 5.41) is 12.9. The first-order chi connectivity index (χ1) is 12.4. The van der Waals surface area contributed by atoms with Gasteiger partial charge in [-0.3, -0.25) is 4.79 Å². The third-order valence-corrected chi connectivity index (χ3v) is 4.99. The molecule has 0 heterocycles. The van der Waals surface area contributed by atoms with Gasteiger partial charge in [0.25, 0.3) is 5.91 Å². The maximum atomic E-state index is 12.3. The van der Waals surface area contributed by atoms with Gasteiger partial charge in [-0.2, -0.15) is 5.26 Å². The highest BCUT2D eigenvalue weighted by Gasteiger charge is 2.35. The van der Waals surface area contributed by atoms with Crippen LogP contribution in [0.15, 0.2) is 24.3 Å². The topological polar surface area (TPSA) is 79.2 Å². The van der Waals surface area contributed by atoms with Gasteiger partial charge in [0.1, 0.15) is 5.54 Å². The zero-order valence-corrected chi connectivity index (χ0v) is 15.9. The molecule has 0 aromatic heterocycles. The largest absolute Gasteiger partial charge is 0.449 e. The second-order valence-electron chi connectivity index (χ2n) is 6.29.